The molecule has 1 unspecified atom stereocenters. The average Bonchev–Trinajstić information content (AvgIpc) is 2.98. The summed E-state index contributed by atoms with van der Waals surface area (Å²) in [6.07, 6.45) is -0.0369. The van der Waals surface area contributed by atoms with E-state index in [1.807, 2.05) is 43.3 Å². The molecule has 8 nitrogen and oxygen atoms in total. The van der Waals surface area contributed by atoms with Crippen LogP contribution in [-0.2, 0) is 4.79 Å². The highest BCUT2D eigenvalue weighted by atomic mass is 35.5. The van der Waals surface area contributed by atoms with Gasteiger partial charge in [-0.05, 0) is 54.7 Å². The Hall–Kier alpha value is -3.79. The van der Waals surface area contributed by atoms with E-state index in [1.165, 1.54) is 4.90 Å². The van der Waals surface area contributed by atoms with Gasteiger partial charge in [-0.15, -0.1) is 0 Å². The number of amidine groups is 2. The van der Waals surface area contributed by atoms with Gasteiger partial charge < -0.3 is 15.4 Å². The third kappa shape index (κ3) is 5.64. The zero-order valence-electron chi connectivity index (χ0n) is 20.5. The number of hydrogen-bond acceptors (Lipinski definition) is 6. The summed E-state index contributed by atoms with van der Waals surface area (Å²) in [6.45, 7) is 3.88. The molecule has 1 amide bonds. The lowest BCUT2D eigenvalue weighted by molar-refractivity contribution is -0.121. The Morgan fingerprint density at radius 3 is 2.41 bits per heavy atom. The Kier molecular flexibility index (Phi) is 7.87. The van der Waals surface area contributed by atoms with Crippen molar-refractivity contribution >= 4 is 53.2 Å². The van der Waals surface area contributed by atoms with E-state index >= 15 is 0 Å². The van der Waals surface area contributed by atoms with Gasteiger partial charge in [-0.1, -0.05) is 54.1 Å². The van der Waals surface area contributed by atoms with E-state index in [-0.39, 0.29) is 24.0 Å². The smallest absolute Gasteiger partial charge is 0.423 e. The number of anilines is 1. The van der Waals surface area contributed by atoms with E-state index in [0.717, 1.165) is 16.7 Å². The van der Waals surface area contributed by atoms with Crippen LogP contribution in [0.5, 0.6) is 0 Å². The molecule has 5 N–H and O–H groups in total. The molecule has 4 rings (SSSR count). The van der Waals surface area contributed by atoms with E-state index in [0.29, 0.717) is 34.0 Å². The lowest BCUT2D eigenvalue weighted by Gasteiger charge is -2.26. The van der Waals surface area contributed by atoms with Crippen molar-refractivity contribution in [2.24, 2.45) is 4.99 Å². The number of halogens is 1. The van der Waals surface area contributed by atoms with Gasteiger partial charge in [0.25, 0.3) is 0 Å². The SMILES string of the molecule is CCNC(=O)CC1N=C(c2ccc(Cl)cc2)c2cc(-c3cccc(B(O)O)c3)ccc2N(C(C)=N)C1=N. The summed E-state index contributed by atoms with van der Waals surface area (Å²) in [5, 5.41) is 40.0. The Morgan fingerprint density at radius 1 is 1.08 bits per heavy atom. The minimum Gasteiger partial charge on any atom is -0.423 e. The summed E-state index contributed by atoms with van der Waals surface area (Å²) >= 11 is 6.14. The number of carbonyl (C=O) groups is 1. The minimum atomic E-state index is -1.60. The van der Waals surface area contributed by atoms with Crippen molar-refractivity contribution in [3.8, 4) is 11.1 Å². The monoisotopic (exact) mass is 515 g/mol. The second-order valence-corrected chi connectivity index (χ2v) is 9.13. The zero-order valence-corrected chi connectivity index (χ0v) is 21.3. The summed E-state index contributed by atoms with van der Waals surface area (Å²) in [4.78, 5) is 18.9. The molecule has 10 heteroatoms. The van der Waals surface area contributed by atoms with Crippen LogP contribution in [0, 0.1) is 10.8 Å². The predicted octanol–water partition coefficient (Wildman–Crippen LogP) is 3.21. The molecular formula is C27H27BClN5O3. The molecule has 188 valence electrons. The number of carbonyl (C=O) groups excluding carboxylic acids is 1. The fourth-order valence-corrected chi connectivity index (χ4v) is 4.46. The van der Waals surface area contributed by atoms with Gasteiger partial charge in [0.2, 0.25) is 5.91 Å². The molecule has 1 heterocycles. The van der Waals surface area contributed by atoms with E-state index in [2.05, 4.69) is 5.32 Å². The Labute approximate surface area is 220 Å². The minimum absolute atomic E-state index is 0.0297. The van der Waals surface area contributed by atoms with Gasteiger partial charge in [0.1, 0.15) is 17.7 Å². The largest absolute Gasteiger partial charge is 0.488 e. The summed E-state index contributed by atoms with van der Waals surface area (Å²) in [5.41, 5.74) is 4.49. The first-order chi connectivity index (χ1) is 17.7. The number of benzene rings is 3. The van der Waals surface area contributed by atoms with Crippen molar-refractivity contribution in [3.05, 3.63) is 82.9 Å². The normalized spacial score (nSPS) is 14.9. The highest BCUT2D eigenvalue weighted by Gasteiger charge is 2.32. The van der Waals surface area contributed by atoms with Crippen LogP contribution in [0.2, 0.25) is 5.02 Å². The molecule has 0 aliphatic carbocycles. The molecule has 0 bridgehead atoms. The van der Waals surface area contributed by atoms with Crippen molar-refractivity contribution in [3.63, 3.8) is 0 Å². The first-order valence-corrected chi connectivity index (χ1v) is 12.2. The van der Waals surface area contributed by atoms with Crippen LogP contribution in [0.15, 0.2) is 71.7 Å². The lowest BCUT2D eigenvalue weighted by Crippen LogP contribution is -2.42. The van der Waals surface area contributed by atoms with Gasteiger partial charge in [0.15, 0.2) is 0 Å². The van der Waals surface area contributed by atoms with Gasteiger partial charge in [0.05, 0.1) is 17.8 Å². The van der Waals surface area contributed by atoms with E-state index < -0.39 is 13.2 Å². The van der Waals surface area contributed by atoms with Crippen molar-refractivity contribution in [2.75, 3.05) is 11.4 Å². The fraction of sp³-hybridized carbons (Fsp3) is 0.185. The Balaban J connectivity index is 1.94. The summed E-state index contributed by atoms with van der Waals surface area (Å²) in [7, 11) is -1.60. The first-order valence-electron chi connectivity index (χ1n) is 11.8. The summed E-state index contributed by atoms with van der Waals surface area (Å²) < 4.78 is 0. The molecule has 3 aromatic carbocycles. The highest BCUT2D eigenvalue weighted by molar-refractivity contribution is 6.58. The molecule has 37 heavy (non-hydrogen) atoms. The number of aliphatic imine (C=N–C) groups is 1. The second-order valence-electron chi connectivity index (χ2n) is 8.70. The molecule has 0 radical (unpaired) electrons. The van der Waals surface area contributed by atoms with Crippen LogP contribution in [0.1, 0.15) is 31.4 Å². The standard InChI is InChI=1S/C27H27BClN5O3/c1-3-32-25(35)15-23-27(31)34(16(2)30)24-12-9-19(18-5-4-6-20(13-18)28(36)37)14-22(24)26(33-23)17-7-10-21(29)11-8-17/h4-14,23,30-31,36-37H,3,15H2,1-2H3,(H,32,35). The van der Waals surface area contributed by atoms with Crippen LogP contribution >= 0.6 is 11.6 Å². The molecule has 0 spiro atoms. The van der Waals surface area contributed by atoms with Gasteiger partial charge in [-0.25, -0.2) is 0 Å². The van der Waals surface area contributed by atoms with E-state index in [4.69, 9.17) is 27.4 Å². The summed E-state index contributed by atoms with van der Waals surface area (Å²) in [5.74, 6) is -0.0787. The molecular weight excluding hydrogens is 489 g/mol. The third-order valence-electron chi connectivity index (χ3n) is 6.06. The molecule has 1 atom stereocenters. The van der Waals surface area contributed by atoms with Crippen LogP contribution in [-0.4, -0.2) is 53.0 Å². The second kappa shape index (κ2) is 11.1. The third-order valence-corrected chi connectivity index (χ3v) is 6.31. The number of nitrogens with one attached hydrogen (secondary N) is 3. The van der Waals surface area contributed by atoms with Gasteiger partial charge >= 0.3 is 7.12 Å². The van der Waals surface area contributed by atoms with Gasteiger partial charge in [-0.2, -0.15) is 0 Å². The summed E-state index contributed by atoms with van der Waals surface area (Å²) in [6, 6.07) is 18.9. The van der Waals surface area contributed by atoms with Crippen LogP contribution in [0.25, 0.3) is 11.1 Å². The predicted molar refractivity (Wildman–Crippen MR) is 149 cm³/mol. The molecule has 0 saturated carbocycles. The maximum absolute atomic E-state index is 12.5. The Bertz CT molecular complexity index is 1390. The maximum atomic E-state index is 12.5. The van der Waals surface area contributed by atoms with Crippen LogP contribution < -0.4 is 15.7 Å². The average molecular weight is 516 g/mol. The highest BCUT2D eigenvalue weighted by Crippen LogP contribution is 2.33. The first kappa shape index (κ1) is 26.3. The number of benzodiazepines with no additional fused rings is 1. The maximum Gasteiger partial charge on any atom is 0.488 e. The zero-order chi connectivity index (χ0) is 26.7. The van der Waals surface area contributed by atoms with Crippen molar-refractivity contribution < 1.29 is 14.8 Å². The number of rotatable bonds is 6. The van der Waals surface area contributed by atoms with Crippen molar-refractivity contribution in [1.82, 2.24) is 5.32 Å². The van der Waals surface area contributed by atoms with Crippen LogP contribution in [0.4, 0.5) is 5.69 Å². The Morgan fingerprint density at radius 2 is 1.76 bits per heavy atom. The lowest BCUT2D eigenvalue weighted by atomic mass is 9.79. The number of amides is 1. The van der Waals surface area contributed by atoms with E-state index in [1.54, 1.807) is 37.3 Å². The molecule has 1 aliphatic rings. The number of nitrogens with zero attached hydrogens (tertiary/aromatic N) is 2. The van der Waals surface area contributed by atoms with Gasteiger partial charge in [-0.3, -0.25) is 25.5 Å². The van der Waals surface area contributed by atoms with Crippen molar-refractivity contribution in [1.29, 1.82) is 10.8 Å². The topological polar surface area (TPSA) is 133 Å². The van der Waals surface area contributed by atoms with Crippen LogP contribution in [0.3, 0.4) is 0 Å². The molecule has 0 fully saturated rings. The number of hydrogen-bond donors (Lipinski definition) is 5. The molecule has 0 aromatic heterocycles. The number of fused-ring (bicyclic) bond motifs is 1. The van der Waals surface area contributed by atoms with Gasteiger partial charge in [0, 0.05) is 22.7 Å². The van der Waals surface area contributed by atoms with Crippen molar-refractivity contribution in [2.45, 2.75) is 26.3 Å². The quantitative estimate of drug-likeness (QED) is 0.196. The molecule has 0 saturated heterocycles. The van der Waals surface area contributed by atoms with E-state index in [9.17, 15) is 14.8 Å². The molecule has 1 aliphatic heterocycles. The molecule has 3 aromatic rings. The fourth-order valence-electron chi connectivity index (χ4n) is 4.33.